The van der Waals surface area contributed by atoms with Crippen molar-refractivity contribution in [1.82, 2.24) is 4.90 Å². The average molecular weight is 245 g/mol. The lowest BCUT2D eigenvalue weighted by Crippen LogP contribution is -2.36. The number of carbonyl (C=O) groups excluding carboxylic acids is 1. The molecule has 2 aliphatic rings. The van der Waals surface area contributed by atoms with Crippen LogP contribution in [0.4, 0.5) is 0 Å². The van der Waals surface area contributed by atoms with Crippen LogP contribution in [0.2, 0.25) is 0 Å². The molecule has 1 heterocycles. The van der Waals surface area contributed by atoms with E-state index in [2.05, 4.69) is 13.8 Å². The van der Waals surface area contributed by atoms with Gasteiger partial charge in [0, 0.05) is 13.1 Å². The van der Waals surface area contributed by atoms with Gasteiger partial charge in [-0.15, -0.1) is 0 Å². The Morgan fingerprint density at radius 1 is 1.28 bits per heavy atom. The summed E-state index contributed by atoms with van der Waals surface area (Å²) in [6.07, 6.45) is -1.01. The van der Waals surface area contributed by atoms with E-state index in [0.717, 1.165) is 13.1 Å². The van der Waals surface area contributed by atoms with Crippen LogP contribution < -0.4 is 0 Å². The van der Waals surface area contributed by atoms with Crippen LogP contribution in [0, 0.1) is 17.3 Å². The minimum Gasteiger partial charge on any atom is -0.378 e. The quantitative estimate of drug-likeness (QED) is 0.863. The molecule has 2 fully saturated rings. The van der Waals surface area contributed by atoms with Gasteiger partial charge in [0.2, 0.25) is 0 Å². The molecule has 1 aromatic rings. The van der Waals surface area contributed by atoms with Crippen molar-refractivity contribution in [3.8, 4) is 0 Å². The minimum atomic E-state index is -1.01. The molecule has 1 N–H and O–H groups in total. The second kappa shape index (κ2) is 3.82. The Bertz CT molecular complexity index is 455. The van der Waals surface area contributed by atoms with E-state index in [-0.39, 0.29) is 5.91 Å². The number of carbonyl (C=O) groups is 1. The van der Waals surface area contributed by atoms with Crippen molar-refractivity contribution >= 4 is 5.91 Å². The maximum absolute atomic E-state index is 12.2. The fourth-order valence-electron chi connectivity index (χ4n) is 3.26. The first kappa shape index (κ1) is 11.7. The maximum atomic E-state index is 12.2. The number of fused-ring (bicyclic) bond motifs is 1. The van der Waals surface area contributed by atoms with Gasteiger partial charge in [-0.05, 0) is 22.8 Å². The van der Waals surface area contributed by atoms with Gasteiger partial charge in [-0.25, -0.2) is 0 Å². The third-order valence-corrected chi connectivity index (χ3v) is 4.78. The van der Waals surface area contributed by atoms with Crippen LogP contribution in [-0.2, 0) is 4.79 Å². The highest BCUT2D eigenvalue weighted by atomic mass is 16.3. The van der Waals surface area contributed by atoms with E-state index in [1.807, 2.05) is 23.1 Å². The third kappa shape index (κ3) is 1.65. The first-order valence-corrected chi connectivity index (χ1v) is 6.53. The van der Waals surface area contributed by atoms with Gasteiger partial charge in [0.05, 0.1) is 0 Å². The van der Waals surface area contributed by atoms with Crippen molar-refractivity contribution < 1.29 is 9.90 Å². The number of hydrogen-bond acceptors (Lipinski definition) is 2. The number of hydrogen-bond donors (Lipinski definition) is 1. The summed E-state index contributed by atoms with van der Waals surface area (Å²) in [5.41, 5.74) is 1.08. The van der Waals surface area contributed by atoms with Crippen LogP contribution in [0.25, 0.3) is 0 Å². The highest BCUT2D eigenvalue weighted by Gasteiger charge is 2.62. The fraction of sp³-hybridized carbons (Fsp3) is 0.533. The molecule has 0 aromatic heterocycles. The number of amides is 1. The zero-order valence-electron chi connectivity index (χ0n) is 10.8. The highest BCUT2D eigenvalue weighted by Crippen LogP contribution is 2.62. The molecule has 3 unspecified atom stereocenters. The summed E-state index contributed by atoms with van der Waals surface area (Å²) in [4.78, 5) is 14.0. The molecular weight excluding hydrogens is 226 g/mol. The lowest BCUT2D eigenvalue weighted by atomic mass is 10.0. The number of aliphatic hydroxyl groups is 1. The van der Waals surface area contributed by atoms with Crippen LogP contribution in [0.15, 0.2) is 30.3 Å². The molecule has 1 saturated heterocycles. The van der Waals surface area contributed by atoms with Gasteiger partial charge in [0.1, 0.15) is 0 Å². The SMILES string of the molecule is CC1(C)C2CN(C(=O)C(O)c3ccccc3)CC21. The second-order valence-corrected chi connectivity index (χ2v) is 6.09. The molecule has 3 nitrogen and oxygen atoms in total. The maximum Gasteiger partial charge on any atom is 0.256 e. The largest absolute Gasteiger partial charge is 0.378 e. The summed E-state index contributed by atoms with van der Waals surface area (Å²) in [6.45, 7) is 6.14. The number of aliphatic hydroxyl groups excluding tert-OH is 1. The van der Waals surface area contributed by atoms with Crippen LogP contribution in [0.5, 0.6) is 0 Å². The molecule has 1 aliphatic heterocycles. The Hall–Kier alpha value is -1.35. The summed E-state index contributed by atoms with van der Waals surface area (Å²) in [5, 5.41) is 10.1. The Morgan fingerprint density at radius 3 is 2.39 bits per heavy atom. The molecule has 0 radical (unpaired) electrons. The van der Waals surface area contributed by atoms with Gasteiger partial charge in [-0.3, -0.25) is 4.79 Å². The molecule has 3 atom stereocenters. The smallest absolute Gasteiger partial charge is 0.256 e. The fourth-order valence-corrected chi connectivity index (χ4v) is 3.26. The number of likely N-dealkylation sites (tertiary alicyclic amines) is 1. The van der Waals surface area contributed by atoms with Gasteiger partial charge < -0.3 is 10.0 Å². The molecule has 0 spiro atoms. The standard InChI is InChI=1S/C15H19NO2/c1-15(2)11-8-16(9-12(11)15)14(18)13(17)10-6-4-3-5-7-10/h3-7,11-13,17H,8-9H2,1-2H3. The summed E-state index contributed by atoms with van der Waals surface area (Å²) in [5.74, 6) is 1.11. The first-order chi connectivity index (χ1) is 8.51. The highest BCUT2D eigenvalue weighted by molar-refractivity contribution is 5.82. The van der Waals surface area contributed by atoms with E-state index in [1.54, 1.807) is 12.1 Å². The molecule has 3 heteroatoms. The van der Waals surface area contributed by atoms with Crippen molar-refractivity contribution in [2.75, 3.05) is 13.1 Å². The molecule has 96 valence electrons. The molecular formula is C15H19NO2. The topological polar surface area (TPSA) is 40.5 Å². The minimum absolute atomic E-state index is 0.149. The summed E-state index contributed by atoms with van der Waals surface area (Å²) < 4.78 is 0. The molecule has 0 bridgehead atoms. The van der Waals surface area contributed by atoms with Crippen molar-refractivity contribution in [3.05, 3.63) is 35.9 Å². The van der Waals surface area contributed by atoms with E-state index < -0.39 is 6.10 Å². The van der Waals surface area contributed by atoms with E-state index in [9.17, 15) is 9.90 Å². The molecule has 1 amide bonds. The van der Waals surface area contributed by atoms with E-state index in [4.69, 9.17) is 0 Å². The Labute approximate surface area is 107 Å². The zero-order chi connectivity index (χ0) is 12.9. The Balaban J connectivity index is 1.67. The monoisotopic (exact) mass is 245 g/mol. The van der Waals surface area contributed by atoms with Gasteiger partial charge in [0.15, 0.2) is 6.10 Å². The predicted molar refractivity (Wildman–Crippen MR) is 68.7 cm³/mol. The van der Waals surface area contributed by atoms with Crippen molar-refractivity contribution in [1.29, 1.82) is 0 Å². The zero-order valence-corrected chi connectivity index (χ0v) is 10.8. The molecule has 18 heavy (non-hydrogen) atoms. The molecule has 1 aliphatic carbocycles. The van der Waals surface area contributed by atoms with Crippen molar-refractivity contribution in [2.24, 2.45) is 17.3 Å². The van der Waals surface area contributed by atoms with Crippen LogP contribution >= 0.6 is 0 Å². The number of nitrogens with zero attached hydrogens (tertiary/aromatic N) is 1. The molecule has 1 aromatic carbocycles. The lowest BCUT2D eigenvalue weighted by molar-refractivity contribution is -0.140. The lowest BCUT2D eigenvalue weighted by Gasteiger charge is -2.24. The van der Waals surface area contributed by atoms with Crippen LogP contribution in [0.3, 0.4) is 0 Å². The van der Waals surface area contributed by atoms with Gasteiger partial charge in [-0.1, -0.05) is 44.2 Å². The predicted octanol–water partition coefficient (Wildman–Crippen LogP) is 1.83. The third-order valence-electron chi connectivity index (χ3n) is 4.78. The van der Waals surface area contributed by atoms with Crippen LogP contribution in [-0.4, -0.2) is 29.0 Å². The molecule has 1 saturated carbocycles. The average Bonchev–Trinajstić information content (AvgIpc) is 2.78. The van der Waals surface area contributed by atoms with Gasteiger partial charge in [0.25, 0.3) is 5.91 Å². The Morgan fingerprint density at radius 2 is 1.83 bits per heavy atom. The van der Waals surface area contributed by atoms with Gasteiger partial charge in [-0.2, -0.15) is 0 Å². The summed E-state index contributed by atoms with van der Waals surface area (Å²) >= 11 is 0. The first-order valence-electron chi connectivity index (χ1n) is 6.53. The summed E-state index contributed by atoms with van der Waals surface area (Å²) in [7, 11) is 0. The van der Waals surface area contributed by atoms with Crippen LogP contribution in [0.1, 0.15) is 25.5 Å². The van der Waals surface area contributed by atoms with E-state index >= 15 is 0 Å². The van der Waals surface area contributed by atoms with Crippen molar-refractivity contribution in [2.45, 2.75) is 20.0 Å². The van der Waals surface area contributed by atoms with Gasteiger partial charge >= 0.3 is 0 Å². The number of piperidine rings is 1. The number of benzene rings is 1. The van der Waals surface area contributed by atoms with Crippen molar-refractivity contribution in [3.63, 3.8) is 0 Å². The van der Waals surface area contributed by atoms with E-state index in [1.165, 1.54) is 0 Å². The second-order valence-electron chi connectivity index (χ2n) is 6.09. The van der Waals surface area contributed by atoms with E-state index in [0.29, 0.717) is 22.8 Å². The number of rotatable bonds is 2. The summed E-state index contributed by atoms with van der Waals surface area (Å²) in [6, 6.07) is 9.16. The molecule has 3 rings (SSSR count). The Kier molecular flexibility index (Phi) is 2.49. The normalized spacial score (nSPS) is 29.8.